The minimum Gasteiger partial charge on any atom is -0.468 e. The lowest BCUT2D eigenvalue weighted by Crippen LogP contribution is -2.41. The molecule has 2 unspecified atom stereocenters. The topological polar surface area (TPSA) is 117 Å². The first-order valence-corrected chi connectivity index (χ1v) is 13.0. The molecule has 34 heavy (non-hydrogen) atoms. The Bertz CT molecular complexity index is 994. The molecule has 2 aliphatic rings. The van der Waals surface area contributed by atoms with Gasteiger partial charge in [-0.25, -0.2) is 9.97 Å². The van der Waals surface area contributed by atoms with E-state index in [2.05, 4.69) is 32.3 Å². The molecular formula is C22H32N6O4S2. The first-order chi connectivity index (χ1) is 16.4. The molecule has 4 rings (SSSR count). The average molecular weight is 509 g/mol. The van der Waals surface area contributed by atoms with Gasteiger partial charge in [0.1, 0.15) is 18.6 Å². The van der Waals surface area contributed by atoms with E-state index in [1.54, 1.807) is 23.9 Å². The van der Waals surface area contributed by atoms with Gasteiger partial charge in [0.2, 0.25) is 11.8 Å². The molecule has 0 radical (unpaired) electrons. The summed E-state index contributed by atoms with van der Waals surface area (Å²) in [6.45, 7) is 4.21. The zero-order valence-corrected chi connectivity index (χ0v) is 21.6. The number of rotatable bonds is 6. The van der Waals surface area contributed by atoms with E-state index < -0.39 is 12.0 Å². The first kappa shape index (κ1) is 26.2. The number of nitrogens with one attached hydrogen (secondary N) is 2. The highest BCUT2D eigenvalue weighted by atomic mass is 32.1. The molecule has 186 valence electrons. The molecule has 10 nitrogen and oxygen atoms in total. The molecule has 2 atom stereocenters. The molecule has 4 heterocycles. The van der Waals surface area contributed by atoms with Gasteiger partial charge in [-0.1, -0.05) is 6.92 Å². The number of methoxy groups -OCH3 is 1. The highest BCUT2D eigenvalue weighted by Crippen LogP contribution is 2.28. The number of hydrogen-bond donors (Lipinski definition) is 2. The van der Waals surface area contributed by atoms with Crippen molar-refractivity contribution in [3.63, 3.8) is 0 Å². The van der Waals surface area contributed by atoms with Crippen LogP contribution >= 0.6 is 22.7 Å². The van der Waals surface area contributed by atoms with Crippen molar-refractivity contribution in [2.45, 2.75) is 38.3 Å². The molecule has 2 N–H and O–H groups in total. The fourth-order valence-electron chi connectivity index (χ4n) is 4.07. The van der Waals surface area contributed by atoms with Crippen LogP contribution in [-0.2, 0) is 32.0 Å². The predicted molar refractivity (Wildman–Crippen MR) is 131 cm³/mol. The molecule has 2 aliphatic heterocycles. The molecule has 2 aromatic heterocycles. The summed E-state index contributed by atoms with van der Waals surface area (Å²) < 4.78 is 4.60. The van der Waals surface area contributed by atoms with Crippen molar-refractivity contribution in [1.82, 2.24) is 30.4 Å². The molecule has 2 amide bonds. The van der Waals surface area contributed by atoms with E-state index >= 15 is 0 Å². The van der Waals surface area contributed by atoms with Gasteiger partial charge in [0.05, 0.1) is 39.3 Å². The van der Waals surface area contributed by atoms with Crippen molar-refractivity contribution in [2.75, 3.05) is 47.4 Å². The number of carbonyl (C=O) groups excluding carboxylic acids is 3. The summed E-state index contributed by atoms with van der Waals surface area (Å²) in [6, 6.07) is -0.615. The summed E-state index contributed by atoms with van der Waals surface area (Å²) >= 11 is 3.04. The van der Waals surface area contributed by atoms with Gasteiger partial charge in [-0.15, -0.1) is 22.7 Å². The van der Waals surface area contributed by atoms with Crippen LogP contribution in [0.3, 0.4) is 0 Å². The second-order valence-corrected chi connectivity index (χ2v) is 9.70. The third kappa shape index (κ3) is 5.80. The Hall–Kier alpha value is -2.41. The molecule has 0 bridgehead atoms. The van der Waals surface area contributed by atoms with E-state index in [0.29, 0.717) is 13.0 Å². The van der Waals surface area contributed by atoms with Crippen LogP contribution in [0, 0.1) is 0 Å². The standard InChI is InChI=1S/C11H15N3O3S.C11H17N3OS/c1-12-9-10-7(13-6-18-10)3-4-14(11(9)16)5-8(15)17-2;1-3-5-14-6-4-8-10(16-7-13-8)9(12-2)11(14)15/h6,9,12H,3-5H2,1-2H3;7,9,12H,3-6H2,1-2H3. The van der Waals surface area contributed by atoms with Gasteiger partial charge in [0.25, 0.3) is 0 Å². The molecule has 0 fully saturated rings. The van der Waals surface area contributed by atoms with E-state index in [9.17, 15) is 14.4 Å². The number of carbonyl (C=O) groups is 3. The smallest absolute Gasteiger partial charge is 0.325 e. The van der Waals surface area contributed by atoms with Crippen LogP contribution in [0.15, 0.2) is 11.0 Å². The molecular weight excluding hydrogens is 476 g/mol. The van der Waals surface area contributed by atoms with Crippen LogP contribution in [0.4, 0.5) is 0 Å². The van der Waals surface area contributed by atoms with Crippen LogP contribution in [0.1, 0.15) is 46.6 Å². The fraction of sp³-hybridized carbons (Fsp3) is 0.591. The second-order valence-electron chi connectivity index (χ2n) is 7.93. The summed E-state index contributed by atoms with van der Waals surface area (Å²) in [5.41, 5.74) is 5.59. The van der Waals surface area contributed by atoms with Gasteiger partial charge in [0.15, 0.2) is 0 Å². The monoisotopic (exact) mass is 508 g/mol. The summed E-state index contributed by atoms with van der Waals surface area (Å²) in [4.78, 5) is 50.0. The van der Waals surface area contributed by atoms with Gasteiger partial charge < -0.3 is 25.2 Å². The summed E-state index contributed by atoms with van der Waals surface area (Å²) in [5.74, 6) is -0.324. The lowest BCUT2D eigenvalue weighted by atomic mass is 10.2. The van der Waals surface area contributed by atoms with Crippen molar-refractivity contribution in [3.05, 3.63) is 32.2 Å². The Labute approximate surface area is 207 Å². The maximum absolute atomic E-state index is 12.3. The van der Waals surface area contributed by atoms with Gasteiger partial charge in [0, 0.05) is 32.5 Å². The van der Waals surface area contributed by atoms with Crippen molar-refractivity contribution in [2.24, 2.45) is 0 Å². The van der Waals surface area contributed by atoms with E-state index in [0.717, 1.165) is 47.1 Å². The number of esters is 1. The van der Waals surface area contributed by atoms with Crippen LogP contribution in [0.2, 0.25) is 0 Å². The van der Waals surface area contributed by atoms with Gasteiger partial charge >= 0.3 is 5.97 Å². The van der Waals surface area contributed by atoms with Gasteiger partial charge in [-0.05, 0) is 20.5 Å². The quantitative estimate of drug-likeness (QED) is 0.559. The lowest BCUT2D eigenvalue weighted by Gasteiger charge is -2.23. The minimum atomic E-state index is -0.417. The predicted octanol–water partition coefficient (Wildman–Crippen LogP) is 1.16. The van der Waals surface area contributed by atoms with E-state index in [-0.39, 0.29) is 24.4 Å². The maximum Gasteiger partial charge on any atom is 0.325 e. The Morgan fingerprint density at radius 1 is 1.00 bits per heavy atom. The van der Waals surface area contributed by atoms with Crippen molar-refractivity contribution in [1.29, 1.82) is 0 Å². The molecule has 0 saturated carbocycles. The largest absolute Gasteiger partial charge is 0.468 e. The van der Waals surface area contributed by atoms with Crippen molar-refractivity contribution < 1.29 is 19.1 Å². The number of aromatic nitrogens is 2. The van der Waals surface area contributed by atoms with Crippen LogP contribution in [-0.4, -0.2) is 84.9 Å². The number of fused-ring (bicyclic) bond motifs is 2. The SMILES string of the molecule is CCCN1CCc2ncsc2C(NC)C1=O.CNC1C(=O)N(CC(=O)OC)CCc2ncsc21. The number of thiazole rings is 2. The maximum atomic E-state index is 12.3. The molecule has 0 aromatic carbocycles. The minimum absolute atomic E-state index is 0.0115. The highest BCUT2D eigenvalue weighted by molar-refractivity contribution is 7.10. The first-order valence-electron chi connectivity index (χ1n) is 11.3. The number of likely N-dealkylation sites (N-methyl/N-ethyl adjacent to an activating group) is 2. The third-order valence-corrected chi connectivity index (χ3v) is 7.71. The van der Waals surface area contributed by atoms with E-state index in [1.807, 2.05) is 17.5 Å². The average Bonchev–Trinajstić information content (AvgIpc) is 3.45. The van der Waals surface area contributed by atoms with E-state index in [1.165, 1.54) is 23.3 Å². The summed E-state index contributed by atoms with van der Waals surface area (Å²) in [7, 11) is 4.88. The van der Waals surface area contributed by atoms with Crippen LogP contribution < -0.4 is 10.6 Å². The Kier molecular flexibility index (Phi) is 9.51. The van der Waals surface area contributed by atoms with Crippen LogP contribution in [0.5, 0.6) is 0 Å². The number of amides is 2. The zero-order chi connectivity index (χ0) is 24.7. The van der Waals surface area contributed by atoms with Gasteiger partial charge in [-0.3, -0.25) is 14.4 Å². The van der Waals surface area contributed by atoms with E-state index in [4.69, 9.17) is 0 Å². The molecule has 12 heteroatoms. The summed E-state index contributed by atoms with van der Waals surface area (Å²) in [5, 5.41) is 6.09. The number of hydrogen-bond acceptors (Lipinski definition) is 10. The fourth-order valence-corrected chi connectivity index (χ4v) is 5.95. The molecule has 0 spiro atoms. The Balaban J connectivity index is 0.000000192. The molecule has 2 aromatic rings. The third-order valence-electron chi connectivity index (χ3n) is 5.84. The second kappa shape index (κ2) is 12.3. The zero-order valence-electron chi connectivity index (χ0n) is 20.0. The van der Waals surface area contributed by atoms with Crippen molar-refractivity contribution >= 4 is 40.5 Å². The van der Waals surface area contributed by atoms with Crippen molar-refractivity contribution in [3.8, 4) is 0 Å². The number of nitrogens with zero attached hydrogens (tertiary/aromatic N) is 4. The Morgan fingerprint density at radius 2 is 1.50 bits per heavy atom. The Morgan fingerprint density at radius 3 is 1.97 bits per heavy atom. The lowest BCUT2D eigenvalue weighted by molar-refractivity contribution is -0.147. The van der Waals surface area contributed by atoms with Crippen LogP contribution in [0.25, 0.3) is 0 Å². The number of ether oxygens (including phenoxy) is 1. The normalized spacial score (nSPS) is 20.0. The molecule has 0 saturated heterocycles. The summed E-state index contributed by atoms with van der Waals surface area (Å²) in [6.07, 6.45) is 2.55. The van der Waals surface area contributed by atoms with Gasteiger partial charge in [-0.2, -0.15) is 0 Å². The molecule has 0 aliphatic carbocycles. The highest BCUT2D eigenvalue weighted by Gasteiger charge is 2.33.